The number of halogens is 1. The summed E-state index contributed by atoms with van der Waals surface area (Å²) >= 11 is 0. The molecule has 31 heavy (non-hydrogen) atoms. The minimum absolute atomic E-state index is 0. The first-order valence-corrected chi connectivity index (χ1v) is 11.5. The number of aliphatic imine (C=N–C) groups is 1. The lowest BCUT2D eigenvalue weighted by atomic mass is 9.83. The van der Waals surface area contributed by atoms with Crippen LogP contribution in [-0.2, 0) is 11.3 Å². The van der Waals surface area contributed by atoms with Crippen LogP contribution < -0.4 is 15.5 Å². The molecule has 1 aliphatic carbocycles. The Morgan fingerprint density at radius 3 is 2.61 bits per heavy atom. The summed E-state index contributed by atoms with van der Waals surface area (Å²) in [6, 6.07) is 4.26. The largest absolute Gasteiger partial charge is 0.385 e. The van der Waals surface area contributed by atoms with Gasteiger partial charge in [0.1, 0.15) is 5.82 Å². The molecule has 3 rings (SSSR count). The van der Waals surface area contributed by atoms with E-state index in [2.05, 4.69) is 51.5 Å². The molecule has 7 nitrogen and oxygen atoms in total. The summed E-state index contributed by atoms with van der Waals surface area (Å²) in [5, 5.41) is 7.03. The molecule has 2 fully saturated rings. The van der Waals surface area contributed by atoms with Crippen molar-refractivity contribution < 1.29 is 4.74 Å². The van der Waals surface area contributed by atoms with Crippen molar-refractivity contribution in [2.75, 3.05) is 64.9 Å². The van der Waals surface area contributed by atoms with Crippen molar-refractivity contribution in [3.05, 3.63) is 23.9 Å². The summed E-state index contributed by atoms with van der Waals surface area (Å²) < 4.78 is 5.37. The highest BCUT2D eigenvalue weighted by Crippen LogP contribution is 2.40. The Labute approximate surface area is 205 Å². The first-order chi connectivity index (χ1) is 14.6. The third kappa shape index (κ3) is 8.05. The van der Waals surface area contributed by atoms with Crippen LogP contribution >= 0.6 is 24.0 Å². The normalized spacial score (nSPS) is 19.2. The van der Waals surface area contributed by atoms with Gasteiger partial charge >= 0.3 is 0 Å². The van der Waals surface area contributed by atoms with Gasteiger partial charge in [-0.25, -0.2) is 9.98 Å². The van der Waals surface area contributed by atoms with Gasteiger partial charge in [0.2, 0.25) is 0 Å². The van der Waals surface area contributed by atoms with E-state index in [9.17, 15) is 0 Å². The number of rotatable bonds is 9. The topological polar surface area (TPSA) is 65.0 Å². The Balaban J connectivity index is 0.00000341. The number of methoxy groups -OCH3 is 1. The van der Waals surface area contributed by atoms with Crippen molar-refractivity contribution in [3.63, 3.8) is 0 Å². The number of guanidine groups is 1. The van der Waals surface area contributed by atoms with Crippen LogP contribution in [0, 0.1) is 5.41 Å². The zero-order valence-corrected chi connectivity index (χ0v) is 21.9. The van der Waals surface area contributed by atoms with Gasteiger partial charge < -0.3 is 25.2 Å². The van der Waals surface area contributed by atoms with Gasteiger partial charge in [-0.2, -0.15) is 0 Å². The molecular weight excluding hydrogens is 503 g/mol. The standard InChI is InChI=1S/C23H40N6O.HI/c1-4-24-22(27-19-23(10-16-30-3)8-5-6-9-23)26-18-20-7-11-25-21(17-20)29-14-12-28(2)13-15-29;/h7,11,17H,4-6,8-10,12-16,18-19H2,1-3H3,(H2,24,26,27);1H. The van der Waals surface area contributed by atoms with E-state index in [-0.39, 0.29) is 24.0 Å². The maximum Gasteiger partial charge on any atom is 0.191 e. The third-order valence-corrected chi connectivity index (χ3v) is 6.53. The van der Waals surface area contributed by atoms with Crippen LogP contribution in [0.25, 0.3) is 0 Å². The molecule has 1 saturated heterocycles. The smallest absolute Gasteiger partial charge is 0.191 e. The Morgan fingerprint density at radius 1 is 1.19 bits per heavy atom. The fraction of sp³-hybridized carbons (Fsp3) is 0.739. The van der Waals surface area contributed by atoms with Crippen LogP contribution in [-0.4, -0.2) is 75.9 Å². The second-order valence-electron chi connectivity index (χ2n) is 8.81. The summed E-state index contributed by atoms with van der Waals surface area (Å²) in [4.78, 5) is 14.2. The fourth-order valence-electron chi connectivity index (χ4n) is 4.51. The van der Waals surface area contributed by atoms with Crippen molar-refractivity contribution in [2.45, 2.75) is 45.6 Å². The predicted octanol–water partition coefficient (Wildman–Crippen LogP) is 3.10. The first-order valence-electron chi connectivity index (χ1n) is 11.5. The van der Waals surface area contributed by atoms with E-state index in [1.807, 2.05) is 6.20 Å². The maximum atomic E-state index is 5.37. The SMILES string of the molecule is CCNC(=NCc1ccnc(N2CCN(C)CC2)c1)NCC1(CCOC)CCCC1.I. The molecule has 8 heteroatoms. The van der Waals surface area contributed by atoms with E-state index in [0.717, 1.165) is 64.1 Å². The van der Waals surface area contributed by atoms with Gasteiger partial charge in [0.05, 0.1) is 6.54 Å². The fourth-order valence-corrected chi connectivity index (χ4v) is 4.51. The molecule has 0 bridgehead atoms. The summed E-state index contributed by atoms with van der Waals surface area (Å²) in [6.07, 6.45) is 8.24. The Morgan fingerprint density at radius 2 is 1.94 bits per heavy atom. The number of nitrogens with one attached hydrogen (secondary N) is 2. The molecular formula is C23H41IN6O. The Kier molecular flexibility index (Phi) is 11.3. The minimum Gasteiger partial charge on any atom is -0.385 e. The quantitative estimate of drug-likeness (QED) is 0.283. The molecule has 1 aromatic rings. The predicted molar refractivity (Wildman–Crippen MR) is 140 cm³/mol. The summed E-state index contributed by atoms with van der Waals surface area (Å²) in [6.45, 7) is 9.67. The molecule has 2 heterocycles. The number of hydrogen-bond acceptors (Lipinski definition) is 5. The summed E-state index contributed by atoms with van der Waals surface area (Å²) in [7, 11) is 3.98. The lowest BCUT2D eigenvalue weighted by Gasteiger charge is -2.33. The molecule has 0 spiro atoms. The molecule has 176 valence electrons. The number of aromatic nitrogens is 1. The molecule has 2 N–H and O–H groups in total. The molecule has 0 aromatic carbocycles. The van der Waals surface area contributed by atoms with Crippen LogP contribution in [0.4, 0.5) is 5.82 Å². The zero-order chi connectivity index (χ0) is 21.2. The highest BCUT2D eigenvalue weighted by Gasteiger charge is 2.33. The zero-order valence-electron chi connectivity index (χ0n) is 19.5. The number of hydrogen-bond donors (Lipinski definition) is 2. The van der Waals surface area contributed by atoms with Crippen LogP contribution in [0.15, 0.2) is 23.3 Å². The molecule has 0 unspecified atom stereocenters. The average Bonchev–Trinajstić information content (AvgIpc) is 3.24. The Bertz CT molecular complexity index is 672. The van der Waals surface area contributed by atoms with Gasteiger partial charge in [0, 0.05) is 59.2 Å². The van der Waals surface area contributed by atoms with Crippen molar-refractivity contribution in [1.29, 1.82) is 0 Å². The molecule has 2 aliphatic rings. The van der Waals surface area contributed by atoms with Gasteiger partial charge in [-0.3, -0.25) is 0 Å². The van der Waals surface area contributed by atoms with Crippen LogP contribution in [0.2, 0.25) is 0 Å². The lowest BCUT2D eigenvalue weighted by Crippen LogP contribution is -2.44. The Hall–Kier alpha value is -1.13. The molecule has 1 aliphatic heterocycles. The van der Waals surface area contributed by atoms with E-state index in [1.165, 1.54) is 31.2 Å². The van der Waals surface area contributed by atoms with E-state index in [1.54, 1.807) is 7.11 Å². The van der Waals surface area contributed by atoms with E-state index in [0.29, 0.717) is 12.0 Å². The van der Waals surface area contributed by atoms with Crippen molar-refractivity contribution >= 4 is 35.8 Å². The van der Waals surface area contributed by atoms with Crippen molar-refractivity contribution in [3.8, 4) is 0 Å². The van der Waals surface area contributed by atoms with Gasteiger partial charge in [-0.1, -0.05) is 12.8 Å². The number of nitrogens with zero attached hydrogens (tertiary/aromatic N) is 4. The molecule has 0 atom stereocenters. The second kappa shape index (κ2) is 13.4. The number of pyridine rings is 1. The second-order valence-corrected chi connectivity index (χ2v) is 8.81. The number of piperazine rings is 1. The van der Waals surface area contributed by atoms with E-state index >= 15 is 0 Å². The van der Waals surface area contributed by atoms with Crippen LogP contribution in [0.1, 0.15) is 44.6 Å². The van der Waals surface area contributed by atoms with E-state index in [4.69, 9.17) is 9.73 Å². The highest BCUT2D eigenvalue weighted by atomic mass is 127. The maximum absolute atomic E-state index is 5.37. The van der Waals surface area contributed by atoms with Gasteiger partial charge in [0.15, 0.2) is 5.96 Å². The lowest BCUT2D eigenvalue weighted by molar-refractivity contribution is 0.138. The van der Waals surface area contributed by atoms with Gasteiger partial charge in [-0.05, 0) is 56.3 Å². The van der Waals surface area contributed by atoms with Crippen molar-refractivity contribution in [1.82, 2.24) is 20.5 Å². The third-order valence-electron chi connectivity index (χ3n) is 6.53. The van der Waals surface area contributed by atoms with Crippen molar-refractivity contribution in [2.24, 2.45) is 10.4 Å². The minimum atomic E-state index is 0. The summed E-state index contributed by atoms with van der Waals surface area (Å²) in [5.74, 6) is 1.97. The first kappa shape index (κ1) is 26.1. The molecule has 1 saturated carbocycles. The van der Waals surface area contributed by atoms with Gasteiger partial charge in [-0.15, -0.1) is 24.0 Å². The highest BCUT2D eigenvalue weighted by molar-refractivity contribution is 14.0. The average molecular weight is 545 g/mol. The number of anilines is 1. The number of likely N-dealkylation sites (N-methyl/N-ethyl adjacent to an activating group) is 1. The van der Waals surface area contributed by atoms with Crippen LogP contribution in [0.5, 0.6) is 0 Å². The molecule has 1 aromatic heterocycles. The van der Waals surface area contributed by atoms with Crippen LogP contribution in [0.3, 0.4) is 0 Å². The molecule has 0 amide bonds. The summed E-state index contributed by atoms with van der Waals surface area (Å²) in [5.41, 5.74) is 1.54. The molecule has 0 radical (unpaired) electrons. The van der Waals surface area contributed by atoms with E-state index < -0.39 is 0 Å². The number of ether oxygens (including phenoxy) is 1. The van der Waals surface area contributed by atoms with Gasteiger partial charge in [0.25, 0.3) is 0 Å². The monoisotopic (exact) mass is 544 g/mol.